The summed E-state index contributed by atoms with van der Waals surface area (Å²) >= 11 is 1.21. The molecule has 0 spiro atoms. The Kier molecular flexibility index (Phi) is 7.61. The van der Waals surface area contributed by atoms with Gasteiger partial charge in [0.05, 0.1) is 24.1 Å². The van der Waals surface area contributed by atoms with E-state index in [0.29, 0.717) is 35.2 Å². The van der Waals surface area contributed by atoms with Crippen LogP contribution in [0.5, 0.6) is 5.75 Å². The number of amides is 2. The predicted molar refractivity (Wildman–Crippen MR) is 135 cm³/mol. The second-order valence-electron chi connectivity index (χ2n) is 7.88. The average molecular weight is 491 g/mol. The molecule has 0 saturated carbocycles. The molecule has 4 rings (SSSR count). The van der Waals surface area contributed by atoms with Crippen LogP contribution in [-0.2, 0) is 11.2 Å². The molecule has 2 amide bonds. The van der Waals surface area contributed by atoms with Gasteiger partial charge < -0.3 is 15.4 Å². The highest BCUT2D eigenvalue weighted by Crippen LogP contribution is 2.19. The molecule has 9 nitrogen and oxygen atoms in total. The van der Waals surface area contributed by atoms with E-state index in [2.05, 4.69) is 25.7 Å². The molecule has 0 aliphatic heterocycles. The minimum Gasteiger partial charge on any atom is -0.497 e. The van der Waals surface area contributed by atoms with Crippen LogP contribution >= 0.6 is 11.8 Å². The van der Waals surface area contributed by atoms with Gasteiger partial charge in [0.2, 0.25) is 11.1 Å². The van der Waals surface area contributed by atoms with Crippen molar-refractivity contribution in [2.75, 3.05) is 24.7 Å². The van der Waals surface area contributed by atoms with E-state index >= 15 is 0 Å². The summed E-state index contributed by atoms with van der Waals surface area (Å²) in [4.78, 5) is 34.1. The van der Waals surface area contributed by atoms with Gasteiger partial charge in [-0.1, -0.05) is 36.0 Å². The van der Waals surface area contributed by atoms with E-state index < -0.39 is 0 Å². The molecule has 4 aromatic rings. The summed E-state index contributed by atoms with van der Waals surface area (Å²) in [5.74, 6) is 0.887. The molecule has 2 heterocycles. The van der Waals surface area contributed by atoms with E-state index in [9.17, 15) is 9.59 Å². The minimum absolute atomic E-state index is 0.0995. The van der Waals surface area contributed by atoms with Gasteiger partial charge in [0.25, 0.3) is 11.7 Å². The van der Waals surface area contributed by atoms with Crippen LogP contribution in [0.2, 0.25) is 0 Å². The standard InChI is InChI=1S/C25H26N6O3S/c1-16-14-17(2)31-24(27-16)29-25(30-31)35-15-22(32)28-21-7-5-4-6-20(21)23(33)26-13-12-18-8-10-19(34-3)11-9-18/h4-11,14H,12-13,15H2,1-3H3,(H,26,33)(H,28,32). The molecule has 0 aliphatic rings. The largest absolute Gasteiger partial charge is 0.497 e. The normalized spacial score (nSPS) is 10.8. The highest BCUT2D eigenvalue weighted by molar-refractivity contribution is 7.99. The molecule has 0 aliphatic carbocycles. The van der Waals surface area contributed by atoms with Crippen LogP contribution in [0, 0.1) is 13.8 Å². The molecule has 0 bridgehead atoms. The third kappa shape index (κ3) is 6.15. The van der Waals surface area contributed by atoms with Crippen LogP contribution in [0.25, 0.3) is 5.78 Å². The van der Waals surface area contributed by atoms with Crippen molar-refractivity contribution >= 4 is 35.0 Å². The quantitative estimate of drug-likeness (QED) is 0.346. The third-order valence-corrected chi connectivity index (χ3v) is 6.07. The maximum absolute atomic E-state index is 12.8. The molecule has 0 atom stereocenters. The number of hydrogen-bond acceptors (Lipinski definition) is 7. The fourth-order valence-corrected chi connectivity index (χ4v) is 4.14. The van der Waals surface area contributed by atoms with Gasteiger partial charge in [0, 0.05) is 17.9 Å². The zero-order valence-electron chi connectivity index (χ0n) is 19.7. The second kappa shape index (κ2) is 11.0. The molecule has 35 heavy (non-hydrogen) atoms. The summed E-state index contributed by atoms with van der Waals surface area (Å²) in [6.45, 7) is 4.29. The van der Waals surface area contributed by atoms with Gasteiger partial charge in [-0.3, -0.25) is 9.59 Å². The summed E-state index contributed by atoms with van der Waals surface area (Å²) in [5, 5.41) is 10.6. The summed E-state index contributed by atoms with van der Waals surface area (Å²) in [7, 11) is 1.62. The maximum atomic E-state index is 12.8. The van der Waals surface area contributed by atoms with Crippen molar-refractivity contribution in [1.29, 1.82) is 0 Å². The maximum Gasteiger partial charge on any atom is 0.253 e. The number of aromatic nitrogens is 4. The van der Waals surface area contributed by atoms with E-state index in [4.69, 9.17) is 4.74 Å². The van der Waals surface area contributed by atoms with Gasteiger partial charge in [-0.2, -0.15) is 4.98 Å². The molecule has 180 valence electrons. The van der Waals surface area contributed by atoms with Crippen LogP contribution in [0.15, 0.2) is 59.8 Å². The number of carbonyl (C=O) groups excluding carboxylic acids is 2. The fraction of sp³-hybridized carbons (Fsp3) is 0.240. The molecular formula is C25H26N6O3S. The Bertz CT molecular complexity index is 1350. The number of aryl methyl sites for hydroxylation is 2. The van der Waals surface area contributed by atoms with Crippen molar-refractivity contribution in [1.82, 2.24) is 24.9 Å². The number of rotatable bonds is 9. The first kappa shape index (κ1) is 24.2. The molecular weight excluding hydrogens is 464 g/mol. The number of para-hydroxylation sites is 1. The van der Waals surface area contributed by atoms with Crippen molar-refractivity contribution in [3.8, 4) is 5.75 Å². The molecule has 0 radical (unpaired) electrons. The molecule has 2 aromatic heterocycles. The number of carbonyl (C=O) groups is 2. The fourth-order valence-electron chi connectivity index (χ4n) is 3.52. The lowest BCUT2D eigenvalue weighted by Gasteiger charge is -2.11. The average Bonchev–Trinajstić information content (AvgIpc) is 3.27. The van der Waals surface area contributed by atoms with Crippen molar-refractivity contribution in [2.45, 2.75) is 25.4 Å². The first-order valence-electron chi connectivity index (χ1n) is 11.1. The summed E-state index contributed by atoms with van der Waals surface area (Å²) in [5.41, 5.74) is 3.72. The number of nitrogens with zero attached hydrogens (tertiary/aromatic N) is 4. The minimum atomic E-state index is -0.256. The van der Waals surface area contributed by atoms with Gasteiger partial charge >= 0.3 is 0 Å². The first-order chi connectivity index (χ1) is 16.9. The highest BCUT2D eigenvalue weighted by Gasteiger charge is 2.15. The highest BCUT2D eigenvalue weighted by atomic mass is 32.2. The van der Waals surface area contributed by atoms with E-state index in [-0.39, 0.29) is 17.6 Å². The number of methoxy groups -OCH3 is 1. The Balaban J connectivity index is 1.32. The van der Waals surface area contributed by atoms with Crippen LogP contribution in [0.4, 0.5) is 5.69 Å². The van der Waals surface area contributed by atoms with Crippen LogP contribution in [0.1, 0.15) is 27.3 Å². The SMILES string of the molecule is COc1ccc(CCNC(=O)c2ccccc2NC(=O)CSc2nc3nc(C)cc(C)n3n2)cc1. The number of fused-ring (bicyclic) bond motifs is 1. The summed E-state index contributed by atoms with van der Waals surface area (Å²) < 4.78 is 6.81. The monoisotopic (exact) mass is 490 g/mol. The van der Waals surface area contributed by atoms with Crippen molar-refractivity contribution in [3.05, 3.63) is 77.1 Å². The van der Waals surface area contributed by atoms with E-state index in [0.717, 1.165) is 22.7 Å². The zero-order chi connectivity index (χ0) is 24.8. The summed E-state index contributed by atoms with van der Waals surface area (Å²) in [6.07, 6.45) is 0.681. The van der Waals surface area contributed by atoms with E-state index in [1.165, 1.54) is 11.8 Å². The van der Waals surface area contributed by atoms with Crippen LogP contribution in [-0.4, -0.2) is 50.8 Å². The topological polar surface area (TPSA) is 111 Å². The molecule has 0 saturated heterocycles. The van der Waals surface area contributed by atoms with Crippen molar-refractivity contribution in [3.63, 3.8) is 0 Å². The lowest BCUT2D eigenvalue weighted by molar-refractivity contribution is -0.113. The van der Waals surface area contributed by atoms with E-state index in [1.54, 1.807) is 35.9 Å². The number of benzene rings is 2. The van der Waals surface area contributed by atoms with Gasteiger partial charge in [-0.05, 0) is 56.2 Å². The molecule has 0 fully saturated rings. The number of hydrogen-bond donors (Lipinski definition) is 2. The number of ether oxygens (including phenoxy) is 1. The molecule has 2 aromatic carbocycles. The van der Waals surface area contributed by atoms with Crippen molar-refractivity contribution < 1.29 is 14.3 Å². The lowest BCUT2D eigenvalue weighted by atomic mass is 10.1. The van der Waals surface area contributed by atoms with E-state index in [1.807, 2.05) is 44.2 Å². The Morgan fingerprint density at radius 1 is 1.06 bits per heavy atom. The van der Waals surface area contributed by atoms with Gasteiger partial charge in [-0.15, -0.1) is 5.10 Å². The van der Waals surface area contributed by atoms with Gasteiger partial charge in [0.1, 0.15) is 5.75 Å². The summed E-state index contributed by atoms with van der Waals surface area (Å²) in [6, 6.07) is 16.6. The Hall–Kier alpha value is -3.92. The molecule has 0 unspecified atom stereocenters. The van der Waals surface area contributed by atoms with Gasteiger partial charge in [-0.25, -0.2) is 9.50 Å². The van der Waals surface area contributed by atoms with Crippen LogP contribution in [0.3, 0.4) is 0 Å². The molecule has 10 heteroatoms. The number of thioether (sulfide) groups is 1. The number of nitrogens with one attached hydrogen (secondary N) is 2. The van der Waals surface area contributed by atoms with Crippen LogP contribution < -0.4 is 15.4 Å². The second-order valence-corrected chi connectivity index (χ2v) is 8.82. The Labute approximate surface area is 207 Å². The van der Waals surface area contributed by atoms with Gasteiger partial charge in [0.15, 0.2) is 0 Å². The Morgan fingerprint density at radius 3 is 2.60 bits per heavy atom. The first-order valence-corrected chi connectivity index (χ1v) is 12.1. The lowest BCUT2D eigenvalue weighted by Crippen LogP contribution is -2.27. The van der Waals surface area contributed by atoms with Crippen molar-refractivity contribution in [2.24, 2.45) is 0 Å². The predicted octanol–water partition coefficient (Wildman–Crippen LogP) is 3.45. The number of anilines is 1. The Morgan fingerprint density at radius 2 is 1.83 bits per heavy atom. The third-order valence-electron chi connectivity index (χ3n) is 5.24. The molecule has 2 N–H and O–H groups in total. The smallest absolute Gasteiger partial charge is 0.253 e. The zero-order valence-corrected chi connectivity index (χ0v) is 20.6.